The Morgan fingerprint density at radius 2 is 1.10 bits per heavy atom. The first-order chi connectivity index (χ1) is 9.74. The van der Waals surface area contributed by atoms with Crippen molar-refractivity contribution >= 4 is 0 Å². The van der Waals surface area contributed by atoms with Crippen LogP contribution in [-0.2, 0) is 0 Å². The van der Waals surface area contributed by atoms with Crippen molar-refractivity contribution in [1.82, 2.24) is 0 Å². The van der Waals surface area contributed by atoms with Crippen molar-refractivity contribution in [2.24, 2.45) is 11.8 Å². The SMILES string of the molecule is CCCCCCCC(C)[CH]C(CCCC)CCCCC. The molecule has 0 heterocycles. The summed E-state index contributed by atoms with van der Waals surface area (Å²) in [6.07, 6.45) is 21.1. The van der Waals surface area contributed by atoms with E-state index in [1.807, 2.05) is 0 Å². The molecular weight excluding hydrogens is 240 g/mol. The fraction of sp³-hybridized carbons (Fsp3) is 0.950. The molecule has 0 spiro atoms. The monoisotopic (exact) mass is 281 g/mol. The highest BCUT2D eigenvalue weighted by molar-refractivity contribution is 4.81. The fourth-order valence-corrected chi connectivity index (χ4v) is 3.09. The molecule has 1 radical (unpaired) electrons. The van der Waals surface area contributed by atoms with Gasteiger partial charge in [-0.3, -0.25) is 0 Å². The maximum absolute atomic E-state index is 2.70. The summed E-state index contributed by atoms with van der Waals surface area (Å²) in [5.41, 5.74) is 0. The number of unbranched alkanes of at least 4 members (excludes halogenated alkanes) is 7. The fourth-order valence-electron chi connectivity index (χ4n) is 3.09. The van der Waals surface area contributed by atoms with Crippen LogP contribution in [0.15, 0.2) is 0 Å². The van der Waals surface area contributed by atoms with E-state index in [0.717, 1.165) is 11.8 Å². The summed E-state index contributed by atoms with van der Waals surface area (Å²) in [6.45, 7) is 9.37. The minimum Gasteiger partial charge on any atom is -0.0654 e. The second-order valence-corrected chi connectivity index (χ2v) is 6.77. The Balaban J connectivity index is 3.76. The number of hydrogen-bond acceptors (Lipinski definition) is 0. The van der Waals surface area contributed by atoms with Gasteiger partial charge in [-0.1, -0.05) is 111 Å². The van der Waals surface area contributed by atoms with Gasteiger partial charge >= 0.3 is 0 Å². The highest BCUT2D eigenvalue weighted by Gasteiger charge is 2.13. The quantitative estimate of drug-likeness (QED) is 0.271. The first-order valence-corrected chi connectivity index (χ1v) is 9.59. The minimum absolute atomic E-state index is 0.833. The summed E-state index contributed by atoms with van der Waals surface area (Å²) >= 11 is 0. The predicted octanol–water partition coefficient (Wildman–Crippen LogP) is 7.57. The molecule has 20 heavy (non-hydrogen) atoms. The highest BCUT2D eigenvalue weighted by atomic mass is 14.2. The van der Waals surface area contributed by atoms with Gasteiger partial charge in [-0.2, -0.15) is 0 Å². The van der Waals surface area contributed by atoms with Gasteiger partial charge in [0, 0.05) is 0 Å². The van der Waals surface area contributed by atoms with E-state index in [-0.39, 0.29) is 0 Å². The predicted molar refractivity (Wildman–Crippen MR) is 94.0 cm³/mol. The van der Waals surface area contributed by atoms with E-state index in [2.05, 4.69) is 34.1 Å². The van der Waals surface area contributed by atoms with Crippen molar-refractivity contribution in [2.45, 2.75) is 111 Å². The van der Waals surface area contributed by atoms with Gasteiger partial charge in [-0.15, -0.1) is 0 Å². The second kappa shape index (κ2) is 15.4. The molecule has 0 aliphatic carbocycles. The molecule has 0 saturated carbocycles. The van der Waals surface area contributed by atoms with Gasteiger partial charge in [0.05, 0.1) is 0 Å². The van der Waals surface area contributed by atoms with Crippen molar-refractivity contribution in [3.8, 4) is 0 Å². The van der Waals surface area contributed by atoms with E-state index >= 15 is 0 Å². The molecule has 0 aromatic heterocycles. The van der Waals surface area contributed by atoms with Crippen molar-refractivity contribution in [2.75, 3.05) is 0 Å². The van der Waals surface area contributed by atoms with E-state index in [1.165, 1.54) is 83.5 Å². The Bertz CT molecular complexity index is 173. The van der Waals surface area contributed by atoms with E-state index in [4.69, 9.17) is 0 Å². The molecule has 0 heteroatoms. The van der Waals surface area contributed by atoms with Crippen molar-refractivity contribution in [3.63, 3.8) is 0 Å². The number of rotatable bonds is 15. The van der Waals surface area contributed by atoms with E-state index in [0.29, 0.717) is 0 Å². The third-order valence-corrected chi connectivity index (χ3v) is 4.47. The zero-order chi connectivity index (χ0) is 15.1. The smallest absolute Gasteiger partial charge is 0.0326 e. The molecular formula is C20H41. The summed E-state index contributed by atoms with van der Waals surface area (Å²) in [5.74, 6) is 1.73. The molecule has 0 bridgehead atoms. The largest absolute Gasteiger partial charge is 0.0654 e. The van der Waals surface area contributed by atoms with Crippen LogP contribution in [0.4, 0.5) is 0 Å². The van der Waals surface area contributed by atoms with E-state index < -0.39 is 0 Å². The number of hydrogen-bond donors (Lipinski definition) is 0. The minimum atomic E-state index is 0.833. The normalized spacial score (nSPS) is 14.4. The standard InChI is InChI=1S/C20H41/c1-5-8-11-12-14-15-19(4)18-20(16-10-7-3)17-13-9-6-2/h18-20H,5-17H2,1-4H3. The maximum Gasteiger partial charge on any atom is -0.0326 e. The summed E-state index contributed by atoms with van der Waals surface area (Å²) < 4.78 is 0. The molecule has 0 amide bonds. The van der Waals surface area contributed by atoms with Crippen molar-refractivity contribution in [1.29, 1.82) is 0 Å². The molecule has 0 rings (SSSR count). The van der Waals surface area contributed by atoms with Crippen LogP contribution in [0, 0.1) is 18.3 Å². The van der Waals surface area contributed by atoms with Gasteiger partial charge in [0.2, 0.25) is 0 Å². The zero-order valence-electron chi connectivity index (χ0n) is 14.9. The lowest BCUT2D eigenvalue weighted by molar-refractivity contribution is 0.404. The van der Waals surface area contributed by atoms with Gasteiger partial charge in [0.15, 0.2) is 0 Å². The van der Waals surface area contributed by atoms with Gasteiger partial charge in [0.1, 0.15) is 0 Å². The lowest BCUT2D eigenvalue weighted by atomic mass is 9.85. The van der Waals surface area contributed by atoms with Crippen LogP contribution in [-0.4, -0.2) is 0 Å². The molecule has 2 unspecified atom stereocenters. The van der Waals surface area contributed by atoms with E-state index in [9.17, 15) is 0 Å². The zero-order valence-corrected chi connectivity index (χ0v) is 14.9. The maximum atomic E-state index is 2.70. The summed E-state index contributed by atoms with van der Waals surface area (Å²) in [4.78, 5) is 0. The molecule has 0 N–H and O–H groups in total. The average molecular weight is 282 g/mol. The molecule has 121 valence electrons. The third-order valence-electron chi connectivity index (χ3n) is 4.47. The van der Waals surface area contributed by atoms with Gasteiger partial charge in [0.25, 0.3) is 0 Å². The first-order valence-electron chi connectivity index (χ1n) is 9.59. The lowest BCUT2D eigenvalue weighted by Crippen LogP contribution is -2.08. The molecule has 0 nitrogen and oxygen atoms in total. The van der Waals surface area contributed by atoms with Crippen molar-refractivity contribution < 1.29 is 0 Å². The summed E-state index contributed by atoms with van der Waals surface area (Å²) in [7, 11) is 0. The van der Waals surface area contributed by atoms with Crippen LogP contribution in [0.2, 0.25) is 0 Å². The van der Waals surface area contributed by atoms with E-state index in [1.54, 1.807) is 0 Å². The van der Waals surface area contributed by atoms with Crippen LogP contribution in [0.5, 0.6) is 0 Å². The first kappa shape index (κ1) is 20.0. The lowest BCUT2D eigenvalue weighted by Gasteiger charge is -2.20. The Labute approximate surface area is 130 Å². The molecule has 0 aromatic carbocycles. The summed E-state index contributed by atoms with van der Waals surface area (Å²) in [5, 5.41) is 0. The molecule has 0 aliphatic rings. The molecule has 0 aromatic rings. The average Bonchev–Trinajstić information content (AvgIpc) is 2.44. The molecule has 0 saturated heterocycles. The molecule has 0 fully saturated rings. The molecule has 0 aliphatic heterocycles. The van der Waals surface area contributed by atoms with Crippen LogP contribution >= 0.6 is 0 Å². The topological polar surface area (TPSA) is 0 Å². The Morgan fingerprint density at radius 3 is 1.75 bits per heavy atom. The van der Waals surface area contributed by atoms with Gasteiger partial charge < -0.3 is 0 Å². The van der Waals surface area contributed by atoms with Crippen LogP contribution in [0.25, 0.3) is 0 Å². The van der Waals surface area contributed by atoms with Gasteiger partial charge in [-0.25, -0.2) is 0 Å². The third kappa shape index (κ3) is 13.0. The van der Waals surface area contributed by atoms with Gasteiger partial charge in [-0.05, 0) is 18.3 Å². The van der Waals surface area contributed by atoms with Crippen LogP contribution in [0.1, 0.15) is 111 Å². The Morgan fingerprint density at radius 1 is 0.600 bits per heavy atom. The van der Waals surface area contributed by atoms with Crippen LogP contribution < -0.4 is 0 Å². The highest BCUT2D eigenvalue weighted by Crippen LogP contribution is 2.26. The Kier molecular flexibility index (Phi) is 15.4. The Hall–Kier alpha value is 0. The summed E-state index contributed by atoms with van der Waals surface area (Å²) in [6, 6.07) is 0. The second-order valence-electron chi connectivity index (χ2n) is 6.77. The van der Waals surface area contributed by atoms with Crippen molar-refractivity contribution in [3.05, 3.63) is 6.42 Å². The molecule has 2 atom stereocenters. The van der Waals surface area contributed by atoms with Crippen LogP contribution in [0.3, 0.4) is 0 Å².